The van der Waals surface area contributed by atoms with Gasteiger partial charge in [-0.15, -0.1) is 0 Å². The van der Waals surface area contributed by atoms with Crippen LogP contribution in [0.1, 0.15) is 5.56 Å². The van der Waals surface area contributed by atoms with E-state index in [0.717, 1.165) is 37.6 Å². The van der Waals surface area contributed by atoms with Gasteiger partial charge in [-0.2, -0.15) is 0 Å². The van der Waals surface area contributed by atoms with Gasteiger partial charge in [0.25, 0.3) is 5.91 Å². The third-order valence-corrected chi connectivity index (χ3v) is 5.45. The highest BCUT2D eigenvalue weighted by Crippen LogP contribution is 2.29. The zero-order chi connectivity index (χ0) is 21.8. The number of rotatable bonds is 5. The standard InChI is InChI=1S/C23H24ClN3O4/c1-26(23(29)17-12-16-13-18(24)2-7-21(16)31-15-17)14-22(28)25-19-3-5-20(6-4-19)27-8-10-30-11-9-27/h2-7,12-13H,8-11,14-15H2,1H3,(H,25,28). The van der Waals surface area contributed by atoms with E-state index >= 15 is 0 Å². The van der Waals surface area contributed by atoms with Crippen LogP contribution in [0.2, 0.25) is 5.02 Å². The number of hydrogen-bond acceptors (Lipinski definition) is 5. The fourth-order valence-electron chi connectivity index (χ4n) is 3.58. The van der Waals surface area contributed by atoms with Gasteiger partial charge in [-0.25, -0.2) is 0 Å². The van der Waals surface area contributed by atoms with Gasteiger partial charge in [-0.1, -0.05) is 11.6 Å². The van der Waals surface area contributed by atoms with Crippen LogP contribution in [0.4, 0.5) is 11.4 Å². The molecule has 2 aromatic carbocycles. The monoisotopic (exact) mass is 441 g/mol. The van der Waals surface area contributed by atoms with Gasteiger partial charge in [0, 0.05) is 42.1 Å². The zero-order valence-electron chi connectivity index (χ0n) is 17.3. The highest BCUT2D eigenvalue weighted by atomic mass is 35.5. The first-order valence-corrected chi connectivity index (χ1v) is 10.5. The number of hydrogen-bond donors (Lipinski definition) is 1. The van der Waals surface area contributed by atoms with E-state index in [1.54, 1.807) is 31.3 Å². The Kier molecular flexibility index (Phi) is 6.44. The second kappa shape index (κ2) is 9.41. The van der Waals surface area contributed by atoms with Crippen LogP contribution in [-0.2, 0) is 14.3 Å². The summed E-state index contributed by atoms with van der Waals surface area (Å²) in [5, 5.41) is 3.41. The number of likely N-dealkylation sites (N-methyl/N-ethyl adjacent to an activating group) is 1. The average molecular weight is 442 g/mol. The minimum absolute atomic E-state index is 0.0657. The summed E-state index contributed by atoms with van der Waals surface area (Å²) in [5.74, 6) is 0.154. The van der Waals surface area contributed by atoms with Crippen molar-refractivity contribution in [2.45, 2.75) is 0 Å². The summed E-state index contributed by atoms with van der Waals surface area (Å²) in [7, 11) is 1.60. The predicted octanol–water partition coefficient (Wildman–Crippen LogP) is 3.05. The van der Waals surface area contributed by atoms with Crippen LogP contribution in [0.3, 0.4) is 0 Å². The van der Waals surface area contributed by atoms with E-state index < -0.39 is 0 Å². The van der Waals surface area contributed by atoms with Gasteiger partial charge in [0.15, 0.2) is 0 Å². The molecule has 0 radical (unpaired) electrons. The summed E-state index contributed by atoms with van der Waals surface area (Å²) in [6.45, 7) is 3.24. The van der Waals surface area contributed by atoms with E-state index in [0.29, 0.717) is 22.0 Å². The van der Waals surface area contributed by atoms with Crippen LogP contribution < -0.4 is 15.0 Å². The highest BCUT2D eigenvalue weighted by molar-refractivity contribution is 6.30. The molecule has 2 amide bonds. The topological polar surface area (TPSA) is 71.1 Å². The smallest absolute Gasteiger partial charge is 0.253 e. The van der Waals surface area contributed by atoms with Crippen molar-refractivity contribution in [3.05, 3.63) is 58.6 Å². The van der Waals surface area contributed by atoms with E-state index in [2.05, 4.69) is 10.2 Å². The summed E-state index contributed by atoms with van der Waals surface area (Å²) in [6.07, 6.45) is 1.76. The molecule has 2 aliphatic heterocycles. The predicted molar refractivity (Wildman–Crippen MR) is 121 cm³/mol. The maximum absolute atomic E-state index is 12.7. The van der Waals surface area contributed by atoms with Gasteiger partial charge >= 0.3 is 0 Å². The molecule has 31 heavy (non-hydrogen) atoms. The molecule has 4 rings (SSSR count). The molecule has 0 spiro atoms. The van der Waals surface area contributed by atoms with Crippen molar-refractivity contribution < 1.29 is 19.1 Å². The van der Waals surface area contributed by atoms with E-state index in [1.165, 1.54) is 4.90 Å². The molecular formula is C23H24ClN3O4. The van der Waals surface area contributed by atoms with Gasteiger partial charge in [-0.3, -0.25) is 9.59 Å². The lowest BCUT2D eigenvalue weighted by molar-refractivity contribution is -0.130. The molecule has 1 fully saturated rings. The number of nitrogens with zero attached hydrogens (tertiary/aromatic N) is 2. The van der Waals surface area contributed by atoms with Crippen LogP contribution in [0.15, 0.2) is 48.0 Å². The number of ether oxygens (including phenoxy) is 2. The fraction of sp³-hybridized carbons (Fsp3) is 0.304. The van der Waals surface area contributed by atoms with Crippen molar-refractivity contribution in [1.29, 1.82) is 0 Å². The molecule has 1 saturated heterocycles. The third kappa shape index (κ3) is 5.18. The number of nitrogens with one attached hydrogen (secondary N) is 1. The number of amides is 2. The lowest BCUT2D eigenvalue weighted by Gasteiger charge is -2.29. The molecule has 2 aromatic rings. The summed E-state index contributed by atoms with van der Waals surface area (Å²) >= 11 is 6.02. The molecule has 1 N–H and O–H groups in total. The minimum atomic E-state index is -0.268. The number of halogens is 1. The quantitative estimate of drug-likeness (QED) is 0.772. The van der Waals surface area contributed by atoms with Crippen molar-refractivity contribution >= 4 is 40.9 Å². The first-order chi connectivity index (χ1) is 15.0. The highest BCUT2D eigenvalue weighted by Gasteiger charge is 2.22. The van der Waals surface area contributed by atoms with E-state index in [1.807, 2.05) is 24.3 Å². The first kappa shape index (κ1) is 21.2. The molecule has 2 aliphatic rings. The molecule has 0 bridgehead atoms. The Balaban J connectivity index is 1.33. The average Bonchev–Trinajstić information content (AvgIpc) is 2.79. The molecule has 0 unspecified atom stereocenters. The number of morpholine rings is 1. The van der Waals surface area contributed by atoms with Gasteiger partial charge < -0.3 is 24.6 Å². The molecule has 162 valence electrons. The minimum Gasteiger partial charge on any atom is -0.488 e. The van der Waals surface area contributed by atoms with E-state index in [4.69, 9.17) is 21.1 Å². The van der Waals surface area contributed by atoms with Crippen molar-refractivity contribution in [1.82, 2.24) is 4.90 Å². The van der Waals surface area contributed by atoms with E-state index in [9.17, 15) is 9.59 Å². The second-order valence-electron chi connectivity index (χ2n) is 7.50. The van der Waals surface area contributed by atoms with Gasteiger partial charge in [0.1, 0.15) is 12.4 Å². The van der Waals surface area contributed by atoms with Crippen LogP contribution in [0, 0.1) is 0 Å². The van der Waals surface area contributed by atoms with Crippen LogP contribution in [0.25, 0.3) is 6.08 Å². The Morgan fingerprint density at radius 3 is 2.61 bits per heavy atom. The van der Waals surface area contributed by atoms with Crippen molar-refractivity contribution in [3.8, 4) is 5.75 Å². The molecule has 0 atom stereocenters. The molecule has 8 heteroatoms. The molecule has 0 aromatic heterocycles. The van der Waals surface area contributed by atoms with Crippen LogP contribution in [-0.4, -0.2) is 63.2 Å². The molecule has 0 saturated carbocycles. The second-order valence-corrected chi connectivity index (χ2v) is 7.93. The number of carbonyl (C=O) groups excluding carboxylic acids is 2. The van der Waals surface area contributed by atoms with Crippen LogP contribution in [0.5, 0.6) is 5.75 Å². The normalized spacial score (nSPS) is 15.4. The Hall–Kier alpha value is -3.03. The maximum atomic E-state index is 12.7. The van der Waals surface area contributed by atoms with Crippen molar-refractivity contribution in [2.24, 2.45) is 0 Å². The van der Waals surface area contributed by atoms with Gasteiger partial charge in [-0.05, 0) is 48.5 Å². The van der Waals surface area contributed by atoms with Crippen molar-refractivity contribution in [2.75, 3.05) is 56.7 Å². The first-order valence-electron chi connectivity index (χ1n) is 10.1. The number of fused-ring (bicyclic) bond motifs is 1. The largest absolute Gasteiger partial charge is 0.488 e. The summed E-state index contributed by atoms with van der Waals surface area (Å²) in [4.78, 5) is 28.8. The van der Waals surface area contributed by atoms with Gasteiger partial charge in [0.2, 0.25) is 5.91 Å². The SMILES string of the molecule is CN(CC(=O)Nc1ccc(N2CCOCC2)cc1)C(=O)C1=Cc2cc(Cl)ccc2OC1. The molecular weight excluding hydrogens is 418 g/mol. The number of carbonyl (C=O) groups is 2. The zero-order valence-corrected chi connectivity index (χ0v) is 18.0. The van der Waals surface area contributed by atoms with Gasteiger partial charge in [0.05, 0.1) is 25.3 Å². The Bertz CT molecular complexity index is 1000. The van der Waals surface area contributed by atoms with Crippen LogP contribution >= 0.6 is 11.6 Å². The number of anilines is 2. The summed E-state index contributed by atoms with van der Waals surface area (Å²) in [6, 6.07) is 12.9. The Labute approximate surface area is 186 Å². The van der Waals surface area contributed by atoms with E-state index in [-0.39, 0.29) is 25.0 Å². The lowest BCUT2D eigenvalue weighted by atomic mass is 10.1. The summed E-state index contributed by atoms with van der Waals surface area (Å²) in [5.41, 5.74) is 3.00. The Morgan fingerprint density at radius 2 is 1.87 bits per heavy atom. The third-order valence-electron chi connectivity index (χ3n) is 5.21. The lowest BCUT2D eigenvalue weighted by Crippen LogP contribution is -2.37. The number of benzene rings is 2. The maximum Gasteiger partial charge on any atom is 0.253 e. The fourth-order valence-corrected chi connectivity index (χ4v) is 3.76. The summed E-state index contributed by atoms with van der Waals surface area (Å²) < 4.78 is 11.0. The Morgan fingerprint density at radius 1 is 1.13 bits per heavy atom. The molecule has 0 aliphatic carbocycles. The molecule has 7 nitrogen and oxygen atoms in total. The molecule has 2 heterocycles. The van der Waals surface area contributed by atoms with Crippen molar-refractivity contribution in [3.63, 3.8) is 0 Å².